The molecule has 1 aliphatic heterocycles. The predicted molar refractivity (Wildman–Crippen MR) is 84.5 cm³/mol. The number of hydrogen-bond acceptors (Lipinski definition) is 4. The normalized spacial score (nSPS) is 17.9. The van der Waals surface area contributed by atoms with E-state index >= 15 is 0 Å². The van der Waals surface area contributed by atoms with Gasteiger partial charge in [0.15, 0.2) is 0 Å². The lowest BCUT2D eigenvalue weighted by atomic mass is 10.2. The third kappa shape index (κ3) is 6.74. The second kappa shape index (κ2) is 11.1. The summed E-state index contributed by atoms with van der Waals surface area (Å²) in [4.78, 5) is 26.8. The van der Waals surface area contributed by atoms with Gasteiger partial charge >= 0.3 is 0 Å². The SMILES string of the molecule is CCN1CCCC1CN(C)C(=O)CNC(=O)CN.Cl.Cl. The Kier molecular flexibility index (Phi) is 12.1. The van der Waals surface area contributed by atoms with E-state index < -0.39 is 0 Å². The van der Waals surface area contributed by atoms with Crippen LogP contribution < -0.4 is 11.1 Å². The molecular formula is C12H26Cl2N4O2. The van der Waals surface area contributed by atoms with Crippen LogP contribution in [-0.4, -0.2) is 67.4 Å². The van der Waals surface area contributed by atoms with Crippen LogP contribution in [0.1, 0.15) is 19.8 Å². The molecule has 0 spiro atoms. The molecule has 3 N–H and O–H groups in total. The van der Waals surface area contributed by atoms with Gasteiger partial charge in [0.2, 0.25) is 11.8 Å². The Bertz CT molecular complexity index is 305. The van der Waals surface area contributed by atoms with Crippen molar-refractivity contribution in [3.05, 3.63) is 0 Å². The zero-order valence-electron chi connectivity index (χ0n) is 12.1. The fourth-order valence-corrected chi connectivity index (χ4v) is 2.32. The highest BCUT2D eigenvalue weighted by atomic mass is 35.5. The summed E-state index contributed by atoms with van der Waals surface area (Å²) in [7, 11) is 1.78. The molecule has 0 aliphatic carbocycles. The van der Waals surface area contributed by atoms with Crippen molar-refractivity contribution in [2.24, 2.45) is 5.73 Å². The van der Waals surface area contributed by atoms with Crippen LogP contribution >= 0.6 is 24.8 Å². The first-order chi connectivity index (χ1) is 8.58. The molecule has 0 bridgehead atoms. The summed E-state index contributed by atoms with van der Waals surface area (Å²) in [5.41, 5.74) is 5.16. The van der Waals surface area contributed by atoms with E-state index in [2.05, 4.69) is 17.1 Å². The van der Waals surface area contributed by atoms with Crippen molar-refractivity contribution in [1.82, 2.24) is 15.1 Å². The van der Waals surface area contributed by atoms with Crippen LogP contribution in [0, 0.1) is 0 Å². The van der Waals surface area contributed by atoms with Crippen molar-refractivity contribution in [3.63, 3.8) is 0 Å². The van der Waals surface area contributed by atoms with Gasteiger partial charge in [0.05, 0.1) is 13.1 Å². The number of likely N-dealkylation sites (tertiary alicyclic amines) is 1. The number of nitrogens with zero attached hydrogens (tertiary/aromatic N) is 2. The second-order valence-corrected chi connectivity index (χ2v) is 4.68. The zero-order chi connectivity index (χ0) is 13.5. The summed E-state index contributed by atoms with van der Waals surface area (Å²) in [5, 5.41) is 2.49. The fraction of sp³-hybridized carbons (Fsp3) is 0.833. The molecule has 1 saturated heterocycles. The standard InChI is InChI=1S/C12H24N4O2.2ClH/c1-3-16-6-4-5-10(16)9-15(2)12(18)8-14-11(17)7-13;;/h10H,3-9,13H2,1-2H3,(H,14,17);2*1H. The number of halogens is 2. The summed E-state index contributed by atoms with van der Waals surface area (Å²) < 4.78 is 0. The van der Waals surface area contributed by atoms with E-state index in [-0.39, 0.29) is 49.7 Å². The number of hydrogen-bond donors (Lipinski definition) is 2. The quantitative estimate of drug-likeness (QED) is 0.710. The Morgan fingerprint density at radius 2 is 2.05 bits per heavy atom. The second-order valence-electron chi connectivity index (χ2n) is 4.68. The molecule has 1 heterocycles. The van der Waals surface area contributed by atoms with Gasteiger partial charge in [-0.3, -0.25) is 14.5 Å². The van der Waals surface area contributed by atoms with Crippen molar-refractivity contribution in [3.8, 4) is 0 Å². The summed E-state index contributed by atoms with van der Waals surface area (Å²) in [6, 6.07) is 0.453. The number of carbonyl (C=O) groups excluding carboxylic acids is 2. The summed E-state index contributed by atoms with van der Waals surface area (Å²) in [6.45, 7) is 4.96. The summed E-state index contributed by atoms with van der Waals surface area (Å²) in [6.07, 6.45) is 2.34. The largest absolute Gasteiger partial charge is 0.346 e. The van der Waals surface area contributed by atoms with E-state index in [1.165, 1.54) is 6.42 Å². The van der Waals surface area contributed by atoms with Crippen LogP contribution in [0.25, 0.3) is 0 Å². The summed E-state index contributed by atoms with van der Waals surface area (Å²) in [5.74, 6) is -0.368. The molecule has 1 unspecified atom stereocenters. The average molecular weight is 329 g/mol. The van der Waals surface area contributed by atoms with E-state index in [1.54, 1.807) is 11.9 Å². The van der Waals surface area contributed by atoms with Gasteiger partial charge in [-0.1, -0.05) is 6.92 Å². The highest BCUT2D eigenvalue weighted by molar-refractivity contribution is 5.86. The molecule has 0 aromatic heterocycles. The summed E-state index contributed by atoms with van der Waals surface area (Å²) >= 11 is 0. The van der Waals surface area contributed by atoms with Crippen molar-refractivity contribution in [2.75, 3.05) is 39.8 Å². The molecule has 1 fully saturated rings. The molecule has 6 nitrogen and oxygen atoms in total. The van der Waals surface area contributed by atoms with Crippen LogP contribution in [0.5, 0.6) is 0 Å². The van der Waals surface area contributed by atoms with Crippen molar-refractivity contribution >= 4 is 36.6 Å². The zero-order valence-corrected chi connectivity index (χ0v) is 13.8. The van der Waals surface area contributed by atoms with Crippen molar-refractivity contribution < 1.29 is 9.59 Å². The van der Waals surface area contributed by atoms with Gasteiger partial charge in [0, 0.05) is 19.6 Å². The van der Waals surface area contributed by atoms with Crippen molar-refractivity contribution in [1.29, 1.82) is 0 Å². The smallest absolute Gasteiger partial charge is 0.241 e. The highest BCUT2D eigenvalue weighted by Crippen LogP contribution is 2.17. The molecule has 2 amide bonds. The van der Waals surface area contributed by atoms with Crippen molar-refractivity contribution in [2.45, 2.75) is 25.8 Å². The van der Waals surface area contributed by atoms with E-state index in [9.17, 15) is 9.59 Å². The van der Waals surface area contributed by atoms with Crippen LogP contribution in [0.4, 0.5) is 0 Å². The number of nitrogens with two attached hydrogens (primary N) is 1. The lowest BCUT2D eigenvalue weighted by Gasteiger charge is -2.27. The molecule has 0 aromatic carbocycles. The molecular weight excluding hydrogens is 303 g/mol. The number of likely N-dealkylation sites (N-methyl/N-ethyl adjacent to an activating group) is 2. The maximum Gasteiger partial charge on any atom is 0.241 e. The molecule has 8 heteroatoms. The van der Waals surface area contributed by atoms with Gasteiger partial charge in [-0.05, 0) is 25.9 Å². The first kappa shape index (κ1) is 21.7. The van der Waals surface area contributed by atoms with Gasteiger partial charge in [0.25, 0.3) is 0 Å². The van der Waals surface area contributed by atoms with E-state index in [4.69, 9.17) is 5.73 Å². The van der Waals surface area contributed by atoms with E-state index in [1.807, 2.05) is 0 Å². The topological polar surface area (TPSA) is 78.7 Å². The molecule has 20 heavy (non-hydrogen) atoms. The van der Waals surface area contributed by atoms with E-state index in [0.717, 1.165) is 26.1 Å². The minimum Gasteiger partial charge on any atom is -0.346 e. The molecule has 0 radical (unpaired) electrons. The number of nitrogens with one attached hydrogen (secondary N) is 1. The van der Waals surface area contributed by atoms with Crippen LogP contribution in [-0.2, 0) is 9.59 Å². The Morgan fingerprint density at radius 3 is 2.60 bits per heavy atom. The third-order valence-electron chi connectivity index (χ3n) is 3.44. The minimum absolute atomic E-state index is 0. The fourth-order valence-electron chi connectivity index (χ4n) is 2.32. The Hall–Kier alpha value is -0.560. The Labute approximate surface area is 133 Å². The van der Waals surface area contributed by atoms with Crippen LogP contribution in [0.2, 0.25) is 0 Å². The first-order valence-electron chi connectivity index (χ1n) is 6.53. The lowest BCUT2D eigenvalue weighted by Crippen LogP contribution is -2.45. The maximum absolute atomic E-state index is 11.8. The number of amides is 2. The number of carbonyl (C=O) groups is 2. The average Bonchev–Trinajstić information content (AvgIpc) is 2.82. The lowest BCUT2D eigenvalue weighted by molar-refractivity contribution is -0.132. The van der Waals surface area contributed by atoms with Gasteiger partial charge in [-0.15, -0.1) is 24.8 Å². The van der Waals surface area contributed by atoms with E-state index in [0.29, 0.717) is 6.04 Å². The molecule has 1 rings (SSSR count). The molecule has 120 valence electrons. The minimum atomic E-state index is -0.298. The Morgan fingerprint density at radius 1 is 1.40 bits per heavy atom. The highest BCUT2D eigenvalue weighted by Gasteiger charge is 2.25. The first-order valence-corrected chi connectivity index (χ1v) is 6.53. The van der Waals surface area contributed by atoms with Gasteiger partial charge < -0.3 is 16.0 Å². The van der Waals surface area contributed by atoms with Gasteiger partial charge in [0.1, 0.15) is 0 Å². The molecule has 1 aliphatic rings. The van der Waals surface area contributed by atoms with Gasteiger partial charge in [-0.2, -0.15) is 0 Å². The monoisotopic (exact) mass is 328 g/mol. The maximum atomic E-state index is 11.8. The van der Waals surface area contributed by atoms with Crippen LogP contribution in [0.3, 0.4) is 0 Å². The van der Waals surface area contributed by atoms with Gasteiger partial charge in [-0.25, -0.2) is 0 Å². The third-order valence-corrected chi connectivity index (χ3v) is 3.44. The van der Waals surface area contributed by atoms with Crippen LogP contribution in [0.15, 0.2) is 0 Å². The molecule has 0 aromatic rings. The Balaban J connectivity index is 0. The number of rotatable bonds is 6. The molecule has 0 saturated carbocycles. The predicted octanol–water partition coefficient (Wildman–Crippen LogP) is -0.152. The molecule has 1 atom stereocenters.